The van der Waals surface area contributed by atoms with Gasteiger partial charge in [-0.25, -0.2) is 13.4 Å². The average molecular weight is 394 g/mol. The predicted octanol–water partition coefficient (Wildman–Crippen LogP) is 2.12. The highest BCUT2D eigenvalue weighted by molar-refractivity contribution is 7.90. The molecule has 0 aliphatic carbocycles. The van der Waals surface area contributed by atoms with E-state index in [-0.39, 0.29) is 10.8 Å². The third-order valence-corrected chi connectivity index (χ3v) is 6.51. The Morgan fingerprint density at radius 2 is 1.88 bits per heavy atom. The summed E-state index contributed by atoms with van der Waals surface area (Å²) in [5, 5.41) is 3.14. The summed E-state index contributed by atoms with van der Waals surface area (Å²) in [6.45, 7) is 7.46. The van der Waals surface area contributed by atoms with E-state index in [4.69, 9.17) is 0 Å². The van der Waals surface area contributed by atoms with Crippen molar-refractivity contribution < 1.29 is 13.2 Å². The van der Waals surface area contributed by atoms with Crippen LogP contribution in [0.15, 0.2) is 28.5 Å². The molecule has 1 aromatic heterocycles. The van der Waals surface area contributed by atoms with Crippen LogP contribution in [0.5, 0.6) is 0 Å². The molecular weight excluding hydrogens is 370 g/mol. The quantitative estimate of drug-likeness (QED) is 0.796. The number of carbonyl (C=O) groups is 1. The molecule has 1 aromatic carbocycles. The minimum Gasteiger partial charge on any atom is -0.336 e. The van der Waals surface area contributed by atoms with Crippen LogP contribution in [-0.4, -0.2) is 61.5 Å². The number of nitrogens with zero attached hydrogens (tertiary/aromatic N) is 3. The largest absolute Gasteiger partial charge is 0.336 e. The fourth-order valence-corrected chi connectivity index (χ4v) is 4.30. The fourth-order valence-electron chi connectivity index (χ4n) is 3.05. The first-order valence-corrected chi connectivity index (χ1v) is 11.2. The number of amides is 1. The fraction of sp³-hybridized carbons (Fsp3) is 0.444. The zero-order chi connectivity index (χ0) is 18.9. The number of aromatic nitrogens is 1. The van der Waals surface area contributed by atoms with E-state index in [1.54, 1.807) is 28.4 Å². The summed E-state index contributed by atoms with van der Waals surface area (Å²) in [4.78, 5) is 21.6. The van der Waals surface area contributed by atoms with Gasteiger partial charge in [-0.1, -0.05) is 6.07 Å². The molecule has 1 fully saturated rings. The highest BCUT2D eigenvalue weighted by Crippen LogP contribution is 2.19. The second-order valence-corrected chi connectivity index (χ2v) is 9.75. The van der Waals surface area contributed by atoms with E-state index in [0.29, 0.717) is 18.7 Å². The third-order valence-electron chi connectivity index (χ3n) is 4.58. The molecule has 1 saturated heterocycles. The van der Waals surface area contributed by atoms with Gasteiger partial charge in [0.2, 0.25) is 0 Å². The van der Waals surface area contributed by atoms with Crippen molar-refractivity contribution in [3.05, 3.63) is 45.4 Å². The first-order valence-electron chi connectivity index (χ1n) is 8.47. The molecule has 140 valence electrons. The van der Waals surface area contributed by atoms with E-state index in [2.05, 4.69) is 15.3 Å². The van der Waals surface area contributed by atoms with E-state index >= 15 is 0 Å². The van der Waals surface area contributed by atoms with Crippen LogP contribution in [0.3, 0.4) is 0 Å². The Hall–Kier alpha value is -1.77. The zero-order valence-corrected chi connectivity index (χ0v) is 16.9. The minimum absolute atomic E-state index is 0.0999. The van der Waals surface area contributed by atoms with Gasteiger partial charge in [0.25, 0.3) is 5.91 Å². The van der Waals surface area contributed by atoms with Crippen LogP contribution in [0.1, 0.15) is 26.6 Å². The van der Waals surface area contributed by atoms with Crippen molar-refractivity contribution in [1.82, 2.24) is 14.8 Å². The van der Waals surface area contributed by atoms with Gasteiger partial charge in [0.05, 0.1) is 15.6 Å². The Balaban J connectivity index is 1.67. The number of hydrogen-bond donors (Lipinski definition) is 0. The number of rotatable bonds is 4. The van der Waals surface area contributed by atoms with Gasteiger partial charge >= 0.3 is 0 Å². The maximum absolute atomic E-state index is 12.9. The van der Waals surface area contributed by atoms with E-state index in [0.717, 1.165) is 42.2 Å². The number of hydrogen-bond acceptors (Lipinski definition) is 6. The molecule has 2 aromatic rings. The SMILES string of the molecule is Cc1nc(CN2CCN(C(=O)c3cc(S(C)(=O)=O)ccc3C)CC2)cs1. The molecule has 0 N–H and O–H groups in total. The molecular formula is C18H23N3O3S2. The molecule has 1 amide bonds. The lowest BCUT2D eigenvalue weighted by atomic mass is 10.1. The second kappa shape index (κ2) is 7.46. The molecule has 0 radical (unpaired) electrons. The summed E-state index contributed by atoms with van der Waals surface area (Å²) in [6, 6.07) is 4.75. The summed E-state index contributed by atoms with van der Waals surface area (Å²) in [5.74, 6) is -0.0999. The van der Waals surface area contributed by atoms with Gasteiger partial charge in [0.1, 0.15) is 0 Å². The third kappa shape index (κ3) is 4.31. The standard InChI is InChI=1S/C18H23N3O3S2/c1-13-4-5-16(26(3,23)24)10-17(13)18(22)21-8-6-20(7-9-21)11-15-12-25-14(2)19-15/h4-5,10,12H,6-9,11H2,1-3H3. The van der Waals surface area contributed by atoms with Crippen molar-refractivity contribution in [3.8, 4) is 0 Å². The molecule has 0 saturated carbocycles. The number of sulfone groups is 1. The van der Waals surface area contributed by atoms with Crippen LogP contribution in [0.25, 0.3) is 0 Å². The summed E-state index contributed by atoms with van der Waals surface area (Å²) in [7, 11) is -3.33. The van der Waals surface area contributed by atoms with Gasteiger partial charge in [-0.05, 0) is 31.5 Å². The number of piperazine rings is 1. The first-order chi connectivity index (χ1) is 12.2. The Labute approximate surface area is 158 Å². The maximum Gasteiger partial charge on any atom is 0.254 e. The van der Waals surface area contributed by atoms with Crippen LogP contribution in [0.4, 0.5) is 0 Å². The van der Waals surface area contributed by atoms with Crippen LogP contribution >= 0.6 is 11.3 Å². The second-order valence-electron chi connectivity index (χ2n) is 6.68. The molecule has 6 nitrogen and oxygen atoms in total. The van der Waals surface area contributed by atoms with Crippen LogP contribution in [0, 0.1) is 13.8 Å². The highest BCUT2D eigenvalue weighted by Gasteiger charge is 2.24. The molecule has 26 heavy (non-hydrogen) atoms. The molecule has 8 heteroatoms. The summed E-state index contributed by atoms with van der Waals surface area (Å²) >= 11 is 1.65. The van der Waals surface area contributed by atoms with Gasteiger partial charge in [-0.3, -0.25) is 9.69 Å². The molecule has 1 aliphatic rings. The average Bonchev–Trinajstić information content (AvgIpc) is 2.99. The van der Waals surface area contributed by atoms with Crippen LogP contribution in [0.2, 0.25) is 0 Å². The zero-order valence-electron chi connectivity index (χ0n) is 15.2. The van der Waals surface area contributed by atoms with Gasteiger partial charge < -0.3 is 4.90 Å². The predicted molar refractivity (Wildman–Crippen MR) is 102 cm³/mol. The van der Waals surface area contributed by atoms with Gasteiger partial charge in [0.15, 0.2) is 9.84 Å². The topological polar surface area (TPSA) is 70.6 Å². The van der Waals surface area contributed by atoms with Crippen molar-refractivity contribution in [1.29, 1.82) is 0 Å². The number of benzene rings is 1. The van der Waals surface area contributed by atoms with Crippen molar-refractivity contribution in [2.75, 3.05) is 32.4 Å². The number of carbonyl (C=O) groups excluding carboxylic acids is 1. The van der Waals surface area contributed by atoms with Crippen molar-refractivity contribution in [2.24, 2.45) is 0 Å². The van der Waals surface area contributed by atoms with Crippen LogP contribution in [-0.2, 0) is 16.4 Å². The molecule has 0 unspecified atom stereocenters. The van der Waals surface area contributed by atoms with Crippen LogP contribution < -0.4 is 0 Å². The van der Waals surface area contributed by atoms with E-state index in [9.17, 15) is 13.2 Å². The smallest absolute Gasteiger partial charge is 0.254 e. The number of aryl methyl sites for hydroxylation is 2. The summed E-state index contributed by atoms with van der Waals surface area (Å²) < 4.78 is 23.6. The van der Waals surface area contributed by atoms with Crippen molar-refractivity contribution in [3.63, 3.8) is 0 Å². The van der Waals surface area contributed by atoms with E-state index in [1.807, 2.05) is 13.8 Å². The molecule has 0 spiro atoms. The lowest BCUT2D eigenvalue weighted by Crippen LogP contribution is -2.48. The normalized spacial score (nSPS) is 16.0. The highest BCUT2D eigenvalue weighted by atomic mass is 32.2. The molecule has 0 bridgehead atoms. The lowest BCUT2D eigenvalue weighted by molar-refractivity contribution is 0.0626. The Morgan fingerprint density at radius 3 is 2.46 bits per heavy atom. The maximum atomic E-state index is 12.9. The van der Waals surface area contributed by atoms with Gasteiger partial charge in [-0.2, -0.15) is 0 Å². The molecule has 3 rings (SSSR count). The van der Waals surface area contributed by atoms with Gasteiger partial charge in [-0.15, -0.1) is 11.3 Å². The Morgan fingerprint density at radius 1 is 1.19 bits per heavy atom. The summed E-state index contributed by atoms with van der Waals surface area (Å²) in [5.41, 5.74) is 2.34. The summed E-state index contributed by atoms with van der Waals surface area (Å²) in [6.07, 6.45) is 1.16. The molecule has 1 aliphatic heterocycles. The molecule has 2 heterocycles. The van der Waals surface area contributed by atoms with Crippen molar-refractivity contribution >= 4 is 27.1 Å². The van der Waals surface area contributed by atoms with E-state index in [1.165, 1.54) is 6.07 Å². The first kappa shape index (κ1) is 19.0. The lowest BCUT2D eigenvalue weighted by Gasteiger charge is -2.34. The van der Waals surface area contributed by atoms with Crippen molar-refractivity contribution in [2.45, 2.75) is 25.3 Å². The number of thiazole rings is 1. The monoisotopic (exact) mass is 393 g/mol. The Bertz CT molecular complexity index is 914. The minimum atomic E-state index is -3.33. The Kier molecular flexibility index (Phi) is 5.45. The molecule has 0 atom stereocenters. The van der Waals surface area contributed by atoms with E-state index < -0.39 is 9.84 Å². The van der Waals surface area contributed by atoms with Gasteiger partial charge in [0, 0.05) is 49.9 Å².